The summed E-state index contributed by atoms with van der Waals surface area (Å²) in [6.07, 6.45) is 33.6. The summed E-state index contributed by atoms with van der Waals surface area (Å²) < 4.78 is 5.98. The third kappa shape index (κ3) is 31.3. The Kier molecular flexibility index (Phi) is 31.1. The summed E-state index contributed by atoms with van der Waals surface area (Å²) in [5.41, 5.74) is 0. The summed E-state index contributed by atoms with van der Waals surface area (Å²) in [5.74, 6) is -1.22. The quantitative estimate of drug-likeness (QED) is 0.0581. The van der Waals surface area contributed by atoms with E-state index in [0.29, 0.717) is 12.8 Å². The topological polar surface area (TPSA) is 92.7 Å². The average Bonchev–Trinajstić information content (AvgIpc) is 2.97. The molecule has 1 unspecified atom stereocenters. The number of ether oxygens (including phenoxy) is 1. The van der Waals surface area contributed by atoms with Crippen molar-refractivity contribution < 1.29 is 24.2 Å². The minimum atomic E-state index is -1.01. The standard InChI is InChI=1S/C36H69NO5/c1-3-5-7-9-11-13-14-15-16-17-20-24-28-33(42-36(41)31-27-23-18-12-10-8-6-4-2)29-25-21-19-22-26-30-34(38)37-32-35(39)40/h33H,3-32H2,1-2H3,(H,37,38)(H,39,40). The molecule has 6 nitrogen and oxygen atoms in total. The van der Waals surface area contributed by atoms with Gasteiger partial charge in [-0.15, -0.1) is 0 Å². The third-order valence-electron chi connectivity index (χ3n) is 8.28. The van der Waals surface area contributed by atoms with Crippen molar-refractivity contribution in [2.24, 2.45) is 0 Å². The van der Waals surface area contributed by atoms with Crippen LogP contribution in [0.1, 0.15) is 200 Å². The van der Waals surface area contributed by atoms with E-state index in [9.17, 15) is 14.4 Å². The van der Waals surface area contributed by atoms with Gasteiger partial charge in [0.15, 0.2) is 0 Å². The van der Waals surface area contributed by atoms with Crippen molar-refractivity contribution in [1.82, 2.24) is 5.32 Å². The Bertz CT molecular complexity index is 624. The van der Waals surface area contributed by atoms with Gasteiger partial charge in [-0.1, -0.05) is 149 Å². The molecule has 0 radical (unpaired) electrons. The first-order valence-electron chi connectivity index (χ1n) is 18.2. The predicted octanol–water partition coefficient (Wildman–Crippen LogP) is 10.5. The number of nitrogens with one attached hydrogen (secondary N) is 1. The van der Waals surface area contributed by atoms with Crippen LogP contribution in [-0.2, 0) is 19.1 Å². The first kappa shape index (κ1) is 40.4. The highest BCUT2D eigenvalue weighted by Crippen LogP contribution is 2.19. The van der Waals surface area contributed by atoms with Crippen molar-refractivity contribution in [2.75, 3.05) is 6.54 Å². The van der Waals surface area contributed by atoms with Crippen molar-refractivity contribution in [3.8, 4) is 0 Å². The number of carboxylic acid groups (broad SMARTS) is 1. The number of amides is 1. The maximum Gasteiger partial charge on any atom is 0.322 e. The van der Waals surface area contributed by atoms with E-state index in [1.807, 2.05) is 0 Å². The number of hydrogen-bond donors (Lipinski definition) is 2. The zero-order valence-electron chi connectivity index (χ0n) is 27.9. The molecule has 0 rings (SSSR count). The number of aliphatic carboxylic acids is 1. The molecule has 0 aromatic rings. The van der Waals surface area contributed by atoms with Gasteiger partial charge in [-0.3, -0.25) is 14.4 Å². The summed E-state index contributed by atoms with van der Waals surface area (Å²) in [7, 11) is 0. The third-order valence-corrected chi connectivity index (χ3v) is 8.28. The van der Waals surface area contributed by atoms with Crippen LogP contribution in [0.2, 0.25) is 0 Å². The van der Waals surface area contributed by atoms with Gasteiger partial charge >= 0.3 is 11.9 Å². The first-order valence-corrected chi connectivity index (χ1v) is 18.2. The molecule has 0 bridgehead atoms. The van der Waals surface area contributed by atoms with E-state index in [-0.39, 0.29) is 24.5 Å². The van der Waals surface area contributed by atoms with Crippen molar-refractivity contribution in [3.05, 3.63) is 0 Å². The lowest BCUT2D eigenvalue weighted by molar-refractivity contribution is -0.150. The SMILES string of the molecule is CCCCCCCCCCCCCCC(CCCCCCCC(=O)NCC(=O)O)OC(=O)CCCCCCCCCC. The average molecular weight is 596 g/mol. The van der Waals surface area contributed by atoms with Gasteiger partial charge in [-0.05, 0) is 38.5 Å². The van der Waals surface area contributed by atoms with E-state index in [0.717, 1.165) is 64.2 Å². The summed E-state index contributed by atoms with van der Waals surface area (Å²) in [6, 6.07) is 0. The van der Waals surface area contributed by atoms with Crippen LogP contribution in [0, 0.1) is 0 Å². The number of rotatable bonds is 33. The molecule has 42 heavy (non-hydrogen) atoms. The Morgan fingerprint density at radius 1 is 0.524 bits per heavy atom. The van der Waals surface area contributed by atoms with Gasteiger partial charge in [0, 0.05) is 12.8 Å². The highest BCUT2D eigenvalue weighted by atomic mass is 16.5. The van der Waals surface area contributed by atoms with Gasteiger partial charge in [0.05, 0.1) is 0 Å². The smallest absolute Gasteiger partial charge is 0.322 e. The van der Waals surface area contributed by atoms with E-state index in [2.05, 4.69) is 19.2 Å². The second kappa shape index (κ2) is 32.3. The van der Waals surface area contributed by atoms with Crippen LogP contribution in [0.15, 0.2) is 0 Å². The fourth-order valence-electron chi connectivity index (χ4n) is 5.57. The van der Waals surface area contributed by atoms with Gasteiger partial charge in [-0.25, -0.2) is 0 Å². The molecule has 2 N–H and O–H groups in total. The highest BCUT2D eigenvalue weighted by molar-refractivity contribution is 5.80. The monoisotopic (exact) mass is 596 g/mol. The summed E-state index contributed by atoms with van der Waals surface area (Å²) in [5, 5.41) is 11.0. The zero-order valence-corrected chi connectivity index (χ0v) is 27.9. The Labute approximate surface area is 259 Å². The molecule has 0 fully saturated rings. The predicted molar refractivity (Wildman–Crippen MR) is 176 cm³/mol. The number of carbonyl (C=O) groups excluding carboxylic acids is 2. The number of unbranched alkanes of at least 4 members (excludes halogenated alkanes) is 22. The molecule has 6 heteroatoms. The molecule has 0 aliphatic rings. The Morgan fingerprint density at radius 2 is 0.881 bits per heavy atom. The van der Waals surface area contributed by atoms with Crippen LogP contribution in [0.5, 0.6) is 0 Å². The lowest BCUT2D eigenvalue weighted by atomic mass is 10.0. The van der Waals surface area contributed by atoms with Crippen LogP contribution < -0.4 is 5.32 Å². The number of carboxylic acids is 1. The molecular weight excluding hydrogens is 526 g/mol. The van der Waals surface area contributed by atoms with Gasteiger partial charge in [0.1, 0.15) is 12.6 Å². The minimum absolute atomic E-state index is 0.0164. The number of esters is 1. The van der Waals surface area contributed by atoms with Crippen molar-refractivity contribution in [1.29, 1.82) is 0 Å². The minimum Gasteiger partial charge on any atom is -0.480 e. The Morgan fingerprint density at radius 3 is 1.29 bits per heavy atom. The fourth-order valence-corrected chi connectivity index (χ4v) is 5.57. The second-order valence-electron chi connectivity index (χ2n) is 12.5. The summed E-state index contributed by atoms with van der Waals surface area (Å²) in [4.78, 5) is 34.7. The Balaban J connectivity index is 4.14. The van der Waals surface area contributed by atoms with Gasteiger partial charge in [0.2, 0.25) is 5.91 Å². The van der Waals surface area contributed by atoms with Crippen LogP contribution in [0.4, 0.5) is 0 Å². The van der Waals surface area contributed by atoms with Crippen molar-refractivity contribution >= 4 is 17.8 Å². The van der Waals surface area contributed by atoms with Crippen LogP contribution in [0.3, 0.4) is 0 Å². The number of carbonyl (C=O) groups is 3. The molecule has 1 amide bonds. The first-order chi connectivity index (χ1) is 20.5. The zero-order chi connectivity index (χ0) is 30.9. The molecule has 0 saturated carbocycles. The molecule has 1 atom stereocenters. The lowest BCUT2D eigenvalue weighted by Crippen LogP contribution is -2.28. The largest absolute Gasteiger partial charge is 0.480 e. The fraction of sp³-hybridized carbons (Fsp3) is 0.917. The molecule has 248 valence electrons. The molecule has 0 aromatic carbocycles. The lowest BCUT2D eigenvalue weighted by Gasteiger charge is -2.18. The van der Waals surface area contributed by atoms with Crippen molar-refractivity contribution in [2.45, 2.75) is 206 Å². The van der Waals surface area contributed by atoms with Gasteiger partial charge in [-0.2, -0.15) is 0 Å². The summed E-state index contributed by atoms with van der Waals surface area (Å²) in [6.45, 7) is 4.21. The molecule has 0 spiro atoms. The van der Waals surface area contributed by atoms with Crippen molar-refractivity contribution in [3.63, 3.8) is 0 Å². The second-order valence-corrected chi connectivity index (χ2v) is 12.5. The van der Waals surface area contributed by atoms with Gasteiger partial charge in [0.25, 0.3) is 0 Å². The maximum absolute atomic E-state index is 12.6. The van der Waals surface area contributed by atoms with Gasteiger partial charge < -0.3 is 15.2 Å². The molecule has 0 heterocycles. The van der Waals surface area contributed by atoms with E-state index in [4.69, 9.17) is 9.84 Å². The molecule has 0 saturated heterocycles. The molecule has 0 aliphatic heterocycles. The van der Waals surface area contributed by atoms with Crippen LogP contribution >= 0.6 is 0 Å². The van der Waals surface area contributed by atoms with E-state index in [1.54, 1.807) is 0 Å². The maximum atomic E-state index is 12.6. The van der Waals surface area contributed by atoms with E-state index >= 15 is 0 Å². The van der Waals surface area contributed by atoms with Crippen LogP contribution in [-0.4, -0.2) is 35.6 Å². The molecular formula is C36H69NO5. The highest BCUT2D eigenvalue weighted by Gasteiger charge is 2.14. The molecule has 0 aliphatic carbocycles. The van der Waals surface area contributed by atoms with Crippen LogP contribution in [0.25, 0.3) is 0 Å². The van der Waals surface area contributed by atoms with E-state index < -0.39 is 5.97 Å². The normalized spacial score (nSPS) is 11.9. The number of hydrogen-bond acceptors (Lipinski definition) is 4. The molecule has 0 aromatic heterocycles. The Hall–Kier alpha value is -1.59. The van der Waals surface area contributed by atoms with E-state index in [1.165, 1.54) is 109 Å². The summed E-state index contributed by atoms with van der Waals surface area (Å²) >= 11 is 0.